The lowest BCUT2D eigenvalue weighted by Crippen LogP contribution is -2.34. The van der Waals surface area contributed by atoms with E-state index in [2.05, 4.69) is 15.6 Å². The lowest BCUT2D eigenvalue weighted by molar-refractivity contribution is -0.130. The van der Waals surface area contributed by atoms with Gasteiger partial charge in [0.05, 0.1) is 17.6 Å². The Kier molecular flexibility index (Phi) is 5.53. The number of anilines is 1. The average molecular weight is 396 g/mol. The summed E-state index contributed by atoms with van der Waals surface area (Å²) in [4.78, 5) is 29.4. The van der Waals surface area contributed by atoms with Gasteiger partial charge in [0.2, 0.25) is 11.8 Å². The zero-order valence-corrected chi connectivity index (χ0v) is 15.7. The van der Waals surface area contributed by atoms with Crippen LogP contribution in [-0.4, -0.2) is 34.1 Å². The summed E-state index contributed by atoms with van der Waals surface area (Å²) in [5.41, 5.74) is 1.89. The number of benzene rings is 2. The van der Waals surface area contributed by atoms with Gasteiger partial charge in [-0.05, 0) is 43.2 Å². The lowest BCUT2D eigenvalue weighted by atomic mass is 10.2. The molecule has 29 heavy (non-hydrogen) atoms. The van der Waals surface area contributed by atoms with E-state index in [4.69, 9.17) is 4.74 Å². The molecule has 3 aromatic rings. The number of aromatic nitrogens is 2. The van der Waals surface area contributed by atoms with Crippen molar-refractivity contribution >= 4 is 28.5 Å². The topological polar surface area (TPSA) is 85.2 Å². The Hall–Kier alpha value is -3.26. The predicted molar refractivity (Wildman–Crippen MR) is 106 cm³/mol. The molecule has 0 saturated carbocycles. The number of amides is 2. The average Bonchev–Trinajstić information content (AvgIpc) is 3.35. The van der Waals surface area contributed by atoms with Crippen molar-refractivity contribution in [1.29, 1.82) is 0 Å². The van der Waals surface area contributed by atoms with Crippen LogP contribution in [0.3, 0.4) is 0 Å². The molecular formula is C21H21FN4O3. The van der Waals surface area contributed by atoms with Crippen LogP contribution in [0.2, 0.25) is 0 Å². The van der Waals surface area contributed by atoms with E-state index in [1.54, 1.807) is 10.6 Å². The van der Waals surface area contributed by atoms with Crippen LogP contribution in [0.25, 0.3) is 11.0 Å². The normalized spacial score (nSPS) is 16.1. The first-order valence-corrected chi connectivity index (χ1v) is 9.49. The summed E-state index contributed by atoms with van der Waals surface area (Å²) in [6, 6.07) is 13.2. The maximum absolute atomic E-state index is 13.4. The van der Waals surface area contributed by atoms with Crippen LogP contribution < -0.4 is 10.6 Å². The molecule has 0 bridgehead atoms. The number of hydrogen-bond donors (Lipinski definition) is 2. The molecule has 0 radical (unpaired) electrons. The van der Waals surface area contributed by atoms with Gasteiger partial charge in [0, 0.05) is 12.3 Å². The van der Waals surface area contributed by atoms with Crippen LogP contribution in [0.5, 0.6) is 0 Å². The third-order valence-electron chi connectivity index (χ3n) is 4.79. The summed E-state index contributed by atoms with van der Waals surface area (Å²) in [6.45, 7) is 0.764. The molecule has 150 valence electrons. The predicted octanol–water partition coefficient (Wildman–Crippen LogP) is 2.61. The Morgan fingerprint density at radius 3 is 2.86 bits per heavy atom. The molecule has 1 fully saturated rings. The number of fused-ring (bicyclic) bond motifs is 1. The van der Waals surface area contributed by atoms with E-state index < -0.39 is 11.9 Å². The number of imidazole rings is 1. The number of ether oxygens (including phenoxy) is 1. The molecule has 1 unspecified atom stereocenters. The van der Waals surface area contributed by atoms with Crippen molar-refractivity contribution < 1.29 is 18.7 Å². The van der Waals surface area contributed by atoms with Crippen molar-refractivity contribution in [3.8, 4) is 0 Å². The first-order valence-electron chi connectivity index (χ1n) is 9.49. The van der Waals surface area contributed by atoms with Crippen molar-refractivity contribution in [2.24, 2.45) is 0 Å². The number of nitrogens with one attached hydrogen (secondary N) is 2. The fraction of sp³-hybridized carbons (Fsp3) is 0.286. The summed E-state index contributed by atoms with van der Waals surface area (Å²) in [5.74, 6) is -0.351. The van der Waals surface area contributed by atoms with Crippen LogP contribution >= 0.6 is 0 Å². The molecule has 1 aliphatic heterocycles. The zero-order valence-electron chi connectivity index (χ0n) is 15.7. The van der Waals surface area contributed by atoms with Gasteiger partial charge in [0.25, 0.3) is 0 Å². The first-order chi connectivity index (χ1) is 14.1. The zero-order chi connectivity index (χ0) is 20.2. The smallest absolute Gasteiger partial charge is 0.249 e. The van der Waals surface area contributed by atoms with Crippen LogP contribution in [0, 0.1) is 5.82 Å². The second-order valence-corrected chi connectivity index (χ2v) is 6.88. The Morgan fingerprint density at radius 1 is 1.21 bits per heavy atom. The summed E-state index contributed by atoms with van der Waals surface area (Å²) >= 11 is 0. The number of hydrogen-bond acceptors (Lipinski definition) is 4. The van der Waals surface area contributed by atoms with Gasteiger partial charge in [-0.15, -0.1) is 0 Å². The van der Waals surface area contributed by atoms with Crippen molar-refractivity contribution in [3.63, 3.8) is 0 Å². The number of carbonyl (C=O) groups is 2. The maximum atomic E-state index is 13.4. The van der Waals surface area contributed by atoms with Gasteiger partial charge >= 0.3 is 0 Å². The molecule has 1 aromatic heterocycles. The van der Waals surface area contributed by atoms with Crippen LogP contribution in [0.1, 0.15) is 18.7 Å². The highest BCUT2D eigenvalue weighted by atomic mass is 19.1. The number of halogens is 1. The minimum absolute atomic E-state index is 0.0117. The molecule has 1 saturated heterocycles. The molecule has 1 aliphatic rings. The van der Waals surface area contributed by atoms with E-state index in [9.17, 15) is 14.0 Å². The molecule has 8 heteroatoms. The molecule has 2 N–H and O–H groups in total. The highest BCUT2D eigenvalue weighted by Crippen LogP contribution is 2.18. The van der Waals surface area contributed by atoms with Gasteiger partial charge in [-0.3, -0.25) is 9.59 Å². The summed E-state index contributed by atoms with van der Waals surface area (Å²) in [5, 5.41) is 5.53. The van der Waals surface area contributed by atoms with Crippen LogP contribution in [-0.2, 0) is 27.4 Å². The van der Waals surface area contributed by atoms with Gasteiger partial charge in [-0.25, -0.2) is 9.37 Å². The van der Waals surface area contributed by atoms with E-state index >= 15 is 0 Å². The fourth-order valence-corrected chi connectivity index (χ4v) is 3.41. The van der Waals surface area contributed by atoms with E-state index in [0.717, 1.165) is 17.5 Å². The monoisotopic (exact) mass is 396 g/mol. The highest BCUT2D eigenvalue weighted by Gasteiger charge is 2.24. The Balaban J connectivity index is 1.51. The SMILES string of the molecule is O=C(Cn1c(CNC(=O)C2CCCO2)nc2ccccc21)Nc1cccc(F)c1. The first kappa shape index (κ1) is 19.1. The second kappa shape index (κ2) is 8.40. The van der Waals surface area contributed by atoms with Gasteiger partial charge in [-0.2, -0.15) is 0 Å². The largest absolute Gasteiger partial charge is 0.368 e. The maximum Gasteiger partial charge on any atom is 0.249 e. The van der Waals surface area contributed by atoms with Gasteiger partial charge in [-0.1, -0.05) is 18.2 Å². The van der Waals surface area contributed by atoms with Gasteiger partial charge in [0.1, 0.15) is 24.3 Å². The molecule has 0 aliphatic carbocycles. The summed E-state index contributed by atoms with van der Waals surface area (Å²) < 4.78 is 20.5. The van der Waals surface area contributed by atoms with Crippen molar-refractivity contribution in [2.45, 2.75) is 32.0 Å². The van der Waals surface area contributed by atoms with Crippen molar-refractivity contribution in [3.05, 3.63) is 60.2 Å². The lowest BCUT2D eigenvalue weighted by Gasteiger charge is -2.12. The quantitative estimate of drug-likeness (QED) is 0.671. The van der Waals surface area contributed by atoms with Gasteiger partial charge < -0.3 is 19.9 Å². The molecule has 2 heterocycles. The molecular weight excluding hydrogens is 375 g/mol. The Labute approximate surface area is 166 Å². The highest BCUT2D eigenvalue weighted by molar-refractivity contribution is 5.91. The molecule has 2 aromatic carbocycles. The summed E-state index contributed by atoms with van der Waals surface area (Å²) in [6.07, 6.45) is 1.15. The summed E-state index contributed by atoms with van der Waals surface area (Å²) in [7, 11) is 0. The van der Waals surface area contributed by atoms with E-state index in [1.807, 2.05) is 24.3 Å². The standard InChI is InChI=1S/C21H21FN4O3/c22-14-5-3-6-15(11-14)24-20(27)13-26-17-8-2-1-7-16(17)25-19(26)12-23-21(28)18-9-4-10-29-18/h1-3,5-8,11,18H,4,9-10,12-13H2,(H,23,28)(H,24,27). The fourth-order valence-electron chi connectivity index (χ4n) is 3.41. The Morgan fingerprint density at radius 2 is 2.07 bits per heavy atom. The number of carbonyl (C=O) groups excluding carboxylic acids is 2. The number of nitrogens with zero attached hydrogens (tertiary/aromatic N) is 2. The van der Waals surface area contributed by atoms with Crippen LogP contribution in [0.15, 0.2) is 48.5 Å². The minimum Gasteiger partial charge on any atom is -0.368 e. The molecule has 4 rings (SSSR count). The van der Waals surface area contributed by atoms with Crippen molar-refractivity contribution in [2.75, 3.05) is 11.9 Å². The molecule has 7 nitrogen and oxygen atoms in total. The van der Waals surface area contributed by atoms with Gasteiger partial charge in [0.15, 0.2) is 0 Å². The van der Waals surface area contributed by atoms with E-state index in [0.29, 0.717) is 24.5 Å². The molecule has 1 atom stereocenters. The third kappa shape index (κ3) is 4.43. The third-order valence-corrected chi connectivity index (χ3v) is 4.79. The van der Waals surface area contributed by atoms with E-state index in [1.165, 1.54) is 18.2 Å². The molecule has 0 spiro atoms. The number of para-hydroxylation sites is 2. The Bertz CT molecular complexity index is 1040. The van der Waals surface area contributed by atoms with Crippen LogP contribution in [0.4, 0.5) is 10.1 Å². The molecule has 2 amide bonds. The number of rotatable bonds is 6. The van der Waals surface area contributed by atoms with E-state index in [-0.39, 0.29) is 24.9 Å². The second-order valence-electron chi connectivity index (χ2n) is 6.88. The van der Waals surface area contributed by atoms with Crippen molar-refractivity contribution in [1.82, 2.24) is 14.9 Å². The minimum atomic E-state index is -0.427.